The summed E-state index contributed by atoms with van der Waals surface area (Å²) in [6.45, 7) is 3.05. The Morgan fingerprint density at radius 1 is 1.03 bits per heavy atom. The Morgan fingerprint density at radius 2 is 1.65 bits per heavy atom. The molecule has 168 valence electrons. The van der Waals surface area contributed by atoms with Gasteiger partial charge in [-0.25, -0.2) is 0 Å². The van der Waals surface area contributed by atoms with E-state index in [2.05, 4.69) is 10.6 Å². The van der Waals surface area contributed by atoms with Crippen molar-refractivity contribution in [2.24, 2.45) is 17.3 Å². The van der Waals surface area contributed by atoms with Gasteiger partial charge < -0.3 is 15.4 Å². The van der Waals surface area contributed by atoms with Crippen LogP contribution in [0.5, 0.6) is 0 Å². The zero-order valence-electron chi connectivity index (χ0n) is 17.4. The summed E-state index contributed by atoms with van der Waals surface area (Å²) < 4.78 is 5.65. The molecule has 0 spiro atoms. The minimum Gasteiger partial charge on any atom is -0.452 e. The van der Waals surface area contributed by atoms with E-state index in [1.807, 2.05) is 0 Å². The van der Waals surface area contributed by atoms with Crippen molar-refractivity contribution in [2.45, 2.75) is 64.0 Å². The van der Waals surface area contributed by atoms with Gasteiger partial charge in [-0.05, 0) is 69.4 Å². The Morgan fingerprint density at radius 3 is 2.26 bits per heavy atom. The van der Waals surface area contributed by atoms with Gasteiger partial charge in [0, 0.05) is 12.5 Å². The number of amides is 2. The van der Waals surface area contributed by atoms with E-state index in [1.165, 1.54) is 26.0 Å². The number of hydrogen-bond donors (Lipinski definition) is 2. The standard InChI is InChI=1S/C22H25Cl3N2O4/c1-11(19(29)26-18-5-16(24)15(23)4-17(18)25)31-20(30)21-6-13-3-14(7-21)9-22(8-13,10-21)27-12(2)28/h4-5,11,13-14H,3,6-10H2,1-2H3,(H,26,29)(H,27,28). The van der Waals surface area contributed by atoms with Crippen molar-refractivity contribution in [1.29, 1.82) is 0 Å². The molecule has 9 heteroatoms. The normalized spacial score (nSPS) is 31.8. The third-order valence-corrected chi connectivity index (χ3v) is 7.89. The number of rotatable bonds is 5. The Balaban J connectivity index is 1.46. The first-order valence-corrected chi connectivity index (χ1v) is 11.6. The van der Waals surface area contributed by atoms with Crippen LogP contribution in [0.1, 0.15) is 52.4 Å². The SMILES string of the molecule is CC(=O)NC12CC3CC(C1)CC(C(=O)OC(C)C(=O)Nc1cc(Cl)c(Cl)cc1Cl)(C3)C2. The first-order valence-electron chi connectivity index (χ1n) is 10.5. The summed E-state index contributed by atoms with van der Waals surface area (Å²) in [4.78, 5) is 37.7. The summed E-state index contributed by atoms with van der Waals surface area (Å²) in [7, 11) is 0. The van der Waals surface area contributed by atoms with Gasteiger partial charge in [0.1, 0.15) is 0 Å². The molecule has 31 heavy (non-hydrogen) atoms. The van der Waals surface area contributed by atoms with Crippen molar-refractivity contribution in [2.75, 3.05) is 5.32 Å². The number of carbonyl (C=O) groups is 3. The summed E-state index contributed by atoms with van der Waals surface area (Å²) in [5.74, 6) is -0.162. The third-order valence-electron chi connectivity index (χ3n) is 6.86. The number of carbonyl (C=O) groups excluding carboxylic acids is 3. The van der Waals surface area contributed by atoms with Gasteiger partial charge in [0.15, 0.2) is 6.10 Å². The lowest BCUT2D eigenvalue weighted by atomic mass is 9.47. The maximum absolute atomic E-state index is 13.3. The zero-order valence-corrected chi connectivity index (χ0v) is 19.7. The molecule has 2 amide bonds. The average Bonchev–Trinajstić information content (AvgIpc) is 2.63. The molecule has 4 bridgehead atoms. The highest BCUT2D eigenvalue weighted by Crippen LogP contribution is 2.62. The molecule has 0 radical (unpaired) electrons. The number of nitrogens with one attached hydrogen (secondary N) is 2. The largest absolute Gasteiger partial charge is 0.452 e. The molecule has 0 aliphatic heterocycles. The van der Waals surface area contributed by atoms with Crippen molar-refractivity contribution in [3.63, 3.8) is 0 Å². The van der Waals surface area contributed by atoms with E-state index < -0.39 is 17.4 Å². The minimum atomic E-state index is -1.01. The fraction of sp³-hybridized carbons (Fsp3) is 0.591. The highest BCUT2D eigenvalue weighted by molar-refractivity contribution is 6.44. The highest BCUT2D eigenvalue weighted by atomic mass is 35.5. The molecule has 1 aromatic rings. The van der Waals surface area contributed by atoms with Crippen LogP contribution >= 0.6 is 34.8 Å². The predicted molar refractivity (Wildman–Crippen MR) is 119 cm³/mol. The molecule has 4 fully saturated rings. The van der Waals surface area contributed by atoms with E-state index >= 15 is 0 Å². The number of benzene rings is 1. The van der Waals surface area contributed by atoms with Gasteiger partial charge in [0.05, 0.1) is 26.2 Å². The molecule has 3 atom stereocenters. The van der Waals surface area contributed by atoms with E-state index in [0.29, 0.717) is 23.9 Å². The second kappa shape index (κ2) is 8.13. The number of ether oxygens (including phenoxy) is 1. The van der Waals surface area contributed by atoms with E-state index in [0.717, 1.165) is 32.1 Å². The van der Waals surface area contributed by atoms with Crippen LogP contribution < -0.4 is 10.6 Å². The number of halogens is 3. The van der Waals surface area contributed by atoms with Crippen LogP contribution in [0, 0.1) is 17.3 Å². The Bertz CT molecular complexity index is 937. The Labute approximate surface area is 196 Å². The molecule has 5 rings (SSSR count). The smallest absolute Gasteiger partial charge is 0.312 e. The fourth-order valence-electron chi connectivity index (χ4n) is 6.21. The van der Waals surface area contributed by atoms with Gasteiger partial charge >= 0.3 is 5.97 Å². The molecule has 6 nitrogen and oxygen atoms in total. The van der Waals surface area contributed by atoms with Crippen molar-refractivity contribution < 1.29 is 19.1 Å². The number of esters is 1. The van der Waals surface area contributed by atoms with E-state index in [1.54, 1.807) is 0 Å². The molecular formula is C22H25Cl3N2O4. The van der Waals surface area contributed by atoms with Crippen LogP contribution in [0.3, 0.4) is 0 Å². The van der Waals surface area contributed by atoms with Crippen LogP contribution in [0.4, 0.5) is 5.69 Å². The summed E-state index contributed by atoms with van der Waals surface area (Å²) in [5, 5.41) is 6.54. The molecular weight excluding hydrogens is 463 g/mol. The molecule has 0 aromatic heterocycles. The first kappa shape index (κ1) is 22.7. The van der Waals surface area contributed by atoms with Gasteiger partial charge in [0.25, 0.3) is 5.91 Å². The Hall–Kier alpha value is -1.50. The van der Waals surface area contributed by atoms with Crippen LogP contribution in [-0.2, 0) is 19.1 Å². The molecule has 4 aliphatic carbocycles. The van der Waals surface area contributed by atoms with E-state index in [-0.39, 0.29) is 32.5 Å². The number of hydrogen-bond acceptors (Lipinski definition) is 4. The van der Waals surface area contributed by atoms with Crippen LogP contribution in [0.15, 0.2) is 12.1 Å². The quantitative estimate of drug-likeness (QED) is 0.452. The Kier molecular flexibility index (Phi) is 5.95. The molecule has 4 aliphatic rings. The lowest BCUT2D eigenvalue weighted by Crippen LogP contribution is -2.65. The topological polar surface area (TPSA) is 84.5 Å². The first-order chi connectivity index (χ1) is 14.5. The van der Waals surface area contributed by atoms with Gasteiger partial charge in [-0.3, -0.25) is 14.4 Å². The predicted octanol–water partition coefficient (Wildman–Crippen LogP) is 4.99. The third kappa shape index (κ3) is 4.39. The van der Waals surface area contributed by atoms with Crippen LogP contribution in [0.2, 0.25) is 15.1 Å². The van der Waals surface area contributed by atoms with Crippen LogP contribution in [0.25, 0.3) is 0 Å². The average molecular weight is 488 g/mol. The van der Waals surface area contributed by atoms with Gasteiger partial charge in [-0.15, -0.1) is 0 Å². The summed E-state index contributed by atoms with van der Waals surface area (Å²) in [5.41, 5.74) is -0.695. The minimum absolute atomic E-state index is 0.0725. The second-order valence-corrected chi connectivity index (χ2v) is 10.7. The summed E-state index contributed by atoms with van der Waals surface area (Å²) in [6.07, 6.45) is 3.95. The zero-order chi connectivity index (χ0) is 22.6. The molecule has 0 saturated heterocycles. The van der Waals surface area contributed by atoms with Gasteiger partial charge in [-0.2, -0.15) is 0 Å². The molecule has 2 N–H and O–H groups in total. The van der Waals surface area contributed by atoms with Gasteiger partial charge in [0.2, 0.25) is 5.91 Å². The lowest BCUT2D eigenvalue weighted by molar-refractivity contribution is -0.181. The summed E-state index contributed by atoms with van der Waals surface area (Å²) in [6, 6.07) is 2.89. The monoisotopic (exact) mass is 486 g/mol. The van der Waals surface area contributed by atoms with Crippen LogP contribution in [-0.4, -0.2) is 29.4 Å². The maximum atomic E-state index is 13.3. The van der Waals surface area contributed by atoms with Gasteiger partial charge in [-0.1, -0.05) is 34.8 Å². The molecule has 1 aromatic carbocycles. The van der Waals surface area contributed by atoms with Crippen molar-refractivity contribution in [1.82, 2.24) is 5.32 Å². The summed E-state index contributed by atoms with van der Waals surface area (Å²) >= 11 is 18.0. The van der Waals surface area contributed by atoms with E-state index in [9.17, 15) is 14.4 Å². The lowest BCUT2D eigenvalue weighted by Gasteiger charge is -2.60. The van der Waals surface area contributed by atoms with Crippen molar-refractivity contribution in [3.05, 3.63) is 27.2 Å². The van der Waals surface area contributed by atoms with Crippen molar-refractivity contribution in [3.8, 4) is 0 Å². The second-order valence-electron chi connectivity index (χ2n) is 9.49. The molecule has 3 unspecified atom stereocenters. The maximum Gasteiger partial charge on any atom is 0.312 e. The van der Waals surface area contributed by atoms with Crippen molar-refractivity contribution >= 4 is 58.3 Å². The highest BCUT2D eigenvalue weighted by Gasteiger charge is 2.61. The fourth-order valence-corrected chi connectivity index (χ4v) is 6.81. The molecule has 0 heterocycles. The number of anilines is 1. The molecule has 4 saturated carbocycles. The van der Waals surface area contributed by atoms with E-state index in [4.69, 9.17) is 39.5 Å².